The molecule has 1 aromatic heterocycles. The van der Waals surface area contributed by atoms with Crippen LogP contribution in [0.25, 0.3) is 0 Å². The molecule has 0 unspecified atom stereocenters. The first kappa shape index (κ1) is 14.1. The Balaban J connectivity index is 1.95. The lowest BCUT2D eigenvalue weighted by molar-refractivity contribution is 0.270. The third-order valence-corrected chi connectivity index (χ3v) is 3.44. The maximum Gasteiger partial charge on any atom is 0.227 e. The van der Waals surface area contributed by atoms with Gasteiger partial charge in [-0.1, -0.05) is 20.8 Å². The summed E-state index contributed by atoms with van der Waals surface area (Å²) in [6.45, 7) is 12.9. The molecule has 1 N–H and O–H groups in total. The van der Waals surface area contributed by atoms with E-state index in [0.717, 1.165) is 51.0 Å². The first-order valence-electron chi connectivity index (χ1n) is 7.23. The lowest BCUT2D eigenvalue weighted by Gasteiger charge is -2.34. The summed E-state index contributed by atoms with van der Waals surface area (Å²) >= 11 is 0. The molecule has 0 radical (unpaired) electrons. The second-order valence-corrected chi connectivity index (χ2v) is 5.44. The highest BCUT2D eigenvalue weighted by molar-refractivity contribution is 5.41. The van der Waals surface area contributed by atoms with Gasteiger partial charge < -0.3 is 15.1 Å². The second kappa shape index (κ2) is 6.70. The molecule has 19 heavy (non-hydrogen) atoms. The number of piperazine rings is 1. The molecule has 1 fully saturated rings. The van der Waals surface area contributed by atoms with Crippen molar-refractivity contribution < 1.29 is 0 Å². The fourth-order valence-electron chi connectivity index (χ4n) is 2.17. The Morgan fingerprint density at radius 2 is 2.00 bits per heavy atom. The van der Waals surface area contributed by atoms with Crippen LogP contribution in [0.2, 0.25) is 0 Å². The zero-order chi connectivity index (χ0) is 13.7. The van der Waals surface area contributed by atoms with E-state index in [2.05, 4.69) is 45.9 Å². The van der Waals surface area contributed by atoms with Gasteiger partial charge in [0.1, 0.15) is 5.82 Å². The molecule has 0 saturated carbocycles. The van der Waals surface area contributed by atoms with Gasteiger partial charge in [0.15, 0.2) is 0 Å². The normalized spacial score (nSPS) is 16.9. The van der Waals surface area contributed by atoms with E-state index in [9.17, 15) is 0 Å². The maximum atomic E-state index is 4.60. The van der Waals surface area contributed by atoms with Crippen molar-refractivity contribution in [3.8, 4) is 0 Å². The molecule has 0 spiro atoms. The van der Waals surface area contributed by atoms with Crippen LogP contribution in [0.15, 0.2) is 12.3 Å². The van der Waals surface area contributed by atoms with E-state index in [1.54, 1.807) is 0 Å². The second-order valence-electron chi connectivity index (χ2n) is 5.44. The fourth-order valence-corrected chi connectivity index (χ4v) is 2.17. The van der Waals surface area contributed by atoms with E-state index in [4.69, 9.17) is 0 Å². The van der Waals surface area contributed by atoms with Crippen LogP contribution >= 0.6 is 0 Å². The van der Waals surface area contributed by atoms with Crippen molar-refractivity contribution in [2.45, 2.75) is 20.8 Å². The standard InChI is InChI=1S/C14H25N5/c1-4-18-7-9-19(10-8-18)14-15-6-5-13(17-14)16-11-12(2)3/h5-6,12H,4,7-11H2,1-3H3,(H,15,16,17). The summed E-state index contributed by atoms with van der Waals surface area (Å²) in [4.78, 5) is 13.7. The Labute approximate surface area is 116 Å². The number of anilines is 2. The first-order valence-corrected chi connectivity index (χ1v) is 7.23. The SMILES string of the molecule is CCN1CCN(c2nccc(NCC(C)C)n2)CC1. The largest absolute Gasteiger partial charge is 0.370 e. The van der Waals surface area contributed by atoms with Crippen LogP contribution in [-0.4, -0.2) is 54.1 Å². The number of nitrogens with zero attached hydrogens (tertiary/aromatic N) is 4. The average Bonchev–Trinajstić information content (AvgIpc) is 2.45. The van der Waals surface area contributed by atoms with E-state index in [1.807, 2.05) is 12.3 Å². The maximum absolute atomic E-state index is 4.60. The highest BCUT2D eigenvalue weighted by atomic mass is 15.3. The van der Waals surface area contributed by atoms with E-state index in [0.29, 0.717) is 5.92 Å². The van der Waals surface area contributed by atoms with Crippen LogP contribution in [0.4, 0.5) is 11.8 Å². The third kappa shape index (κ3) is 4.06. The molecule has 106 valence electrons. The quantitative estimate of drug-likeness (QED) is 0.876. The van der Waals surface area contributed by atoms with Crippen molar-refractivity contribution in [3.05, 3.63) is 12.3 Å². The molecular formula is C14H25N5. The predicted octanol–water partition coefficient (Wildman–Crippen LogP) is 1.69. The summed E-state index contributed by atoms with van der Waals surface area (Å²) in [5.41, 5.74) is 0. The molecule has 5 nitrogen and oxygen atoms in total. The van der Waals surface area contributed by atoms with Crippen LogP contribution in [0.1, 0.15) is 20.8 Å². The summed E-state index contributed by atoms with van der Waals surface area (Å²) < 4.78 is 0. The molecule has 0 atom stereocenters. The molecule has 0 aliphatic carbocycles. The molecule has 1 aliphatic heterocycles. The number of hydrogen-bond donors (Lipinski definition) is 1. The Morgan fingerprint density at radius 1 is 1.26 bits per heavy atom. The minimum Gasteiger partial charge on any atom is -0.370 e. The van der Waals surface area contributed by atoms with E-state index in [-0.39, 0.29) is 0 Å². The van der Waals surface area contributed by atoms with Gasteiger partial charge in [0.2, 0.25) is 5.95 Å². The van der Waals surface area contributed by atoms with Crippen LogP contribution < -0.4 is 10.2 Å². The fraction of sp³-hybridized carbons (Fsp3) is 0.714. The van der Waals surface area contributed by atoms with E-state index in [1.165, 1.54) is 0 Å². The number of likely N-dealkylation sites (N-methyl/N-ethyl adjacent to an activating group) is 1. The molecule has 2 heterocycles. The van der Waals surface area contributed by atoms with Gasteiger partial charge in [0.05, 0.1) is 0 Å². The number of nitrogens with one attached hydrogen (secondary N) is 1. The number of rotatable bonds is 5. The molecule has 1 saturated heterocycles. The highest BCUT2D eigenvalue weighted by Gasteiger charge is 2.17. The lowest BCUT2D eigenvalue weighted by Crippen LogP contribution is -2.46. The predicted molar refractivity (Wildman–Crippen MR) is 79.7 cm³/mol. The molecule has 1 aromatic rings. The van der Waals surface area contributed by atoms with Crippen molar-refractivity contribution in [3.63, 3.8) is 0 Å². The zero-order valence-corrected chi connectivity index (χ0v) is 12.3. The van der Waals surface area contributed by atoms with Crippen molar-refractivity contribution in [1.29, 1.82) is 0 Å². The van der Waals surface area contributed by atoms with Crippen molar-refractivity contribution in [1.82, 2.24) is 14.9 Å². The van der Waals surface area contributed by atoms with Gasteiger partial charge in [-0.3, -0.25) is 0 Å². The molecule has 5 heteroatoms. The molecule has 2 rings (SSSR count). The molecular weight excluding hydrogens is 238 g/mol. The van der Waals surface area contributed by atoms with Gasteiger partial charge in [-0.05, 0) is 18.5 Å². The molecule has 0 aromatic carbocycles. The van der Waals surface area contributed by atoms with Crippen LogP contribution in [0.5, 0.6) is 0 Å². The van der Waals surface area contributed by atoms with E-state index < -0.39 is 0 Å². The highest BCUT2D eigenvalue weighted by Crippen LogP contribution is 2.13. The number of hydrogen-bond acceptors (Lipinski definition) is 5. The molecule has 1 aliphatic rings. The summed E-state index contributed by atoms with van der Waals surface area (Å²) in [6, 6.07) is 1.94. The topological polar surface area (TPSA) is 44.3 Å². The average molecular weight is 263 g/mol. The van der Waals surface area contributed by atoms with Gasteiger partial charge in [0, 0.05) is 38.9 Å². The first-order chi connectivity index (χ1) is 9.19. The summed E-state index contributed by atoms with van der Waals surface area (Å²) in [6.07, 6.45) is 1.84. The third-order valence-electron chi connectivity index (χ3n) is 3.44. The smallest absolute Gasteiger partial charge is 0.227 e. The summed E-state index contributed by atoms with van der Waals surface area (Å²) in [5.74, 6) is 2.40. The zero-order valence-electron chi connectivity index (χ0n) is 12.3. The van der Waals surface area contributed by atoms with Gasteiger partial charge in [0.25, 0.3) is 0 Å². The molecule has 0 bridgehead atoms. The van der Waals surface area contributed by atoms with Gasteiger partial charge >= 0.3 is 0 Å². The minimum absolute atomic E-state index is 0.617. The Bertz CT molecular complexity index is 385. The van der Waals surface area contributed by atoms with Gasteiger partial charge in [-0.2, -0.15) is 4.98 Å². The van der Waals surface area contributed by atoms with E-state index >= 15 is 0 Å². The van der Waals surface area contributed by atoms with Crippen molar-refractivity contribution in [2.75, 3.05) is 49.5 Å². The lowest BCUT2D eigenvalue weighted by atomic mass is 10.2. The van der Waals surface area contributed by atoms with Crippen LogP contribution in [0, 0.1) is 5.92 Å². The van der Waals surface area contributed by atoms with Crippen molar-refractivity contribution >= 4 is 11.8 Å². The Kier molecular flexibility index (Phi) is 4.96. The van der Waals surface area contributed by atoms with Crippen molar-refractivity contribution in [2.24, 2.45) is 5.92 Å². The van der Waals surface area contributed by atoms with Gasteiger partial charge in [-0.25, -0.2) is 4.98 Å². The number of aromatic nitrogens is 2. The Hall–Kier alpha value is -1.36. The van der Waals surface area contributed by atoms with Crippen LogP contribution in [0.3, 0.4) is 0 Å². The summed E-state index contributed by atoms with van der Waals surface area (Å²) in [5, 5.41) is 3.36. The van der Waals surface area contributed by atoms with Crippen LogP contribution in [-0.2, 0) is 0 Å². The Morgan fingerprint density at radius 3 is 2.63 bits per heavy atom. The van der Waals surface area contributed by atoms with Gasteiger partial charge in [-0.15, -0.1) is 0 Å². The summed E-state index contributed by atoms with van der Waals surface area (Å²) in [7, 11) is 0. The molecule has 0 amide bonds. The minimum atomic E-state index is 0.617. The monoisotopic (exact) mass is 263 g/mol.